The SMILES string of the molecule is CC(C)C(NC(=O)C1CCN(S(=O)(=O)c2ccc3c(c2)OCCO3)CC1)c1ccc(F)cc1. The van der Waals surface area contributed by atoms with Gasteiger partial charge in [0.15, 0.2) is 11.5 Å². The molecule has 0 spiro atoms. The van der Waals surface area contributed by atoms with Gasteiger partial charge < -0.3 is 14.8 Å². The molecule has 1 unspecified atom stereocenters. The zero-order valence-corrected chi connectivity index (χ0v) is 19.6. The molecule has 1 saturated heterocycles. The van der Waals surface area contributed by atoms with E-state index in [-0.39, 0.29) is 47.6 Å². The van der Waals surface area contributed by atoms with Crippen LogP contribution in [0.1, 0.15) is 38.3 Å². The lowest BCUT2D eigenvalue weighted by molar-refractivity contribution is -0.127. The monoisotopic (exact) mass is 476 g/mol. The molecule has 0 aromatic heterocycles. The molecule has 1 amide bonds. The number of ether oxygens (including phenoxy) is 2. The first kappa shape index (κ1) is 23.5. The van der Waals surface area contributed by atoms with Crippen molar-refractivity contribution in [3.63, 3.8) is 0 Å². The van der Waals surface area contributed by atoms with Gasteiger partial charge in [-0.05, 0) is 48.6 Å². The van der Waals surface area contributed by atoms with Gasteiger partial charge in [-0.1, -0.05) is 26.0 Å². The van der Waals surface area contributed by atoms with Gasteiger partial charge in [-0.2, -0.15) is 4.31 Å². The van der Waals surface area contributed by atoms with Gasteiger partial charge in [0.05, 0.1) is 10.9 Å². The summed E-state index contributed by atoms with van der Waals surface area (Å²) in [5, 5.41) is 3.08. The summed E-state index contributed by atoms with van der Waals surface area (Å²) in [7, 11) is -3.70. The van der Waals surface area contributed by atoms with Crippen molar-refractivity contribution in [2.75, 3.05) is 26.3 Å². The van der Waals surface area contributed by atoms with Crippen LogP contribution < -0.4 is 14.8 Å². The lowest BCUT2D eigenvalue weighted by Gasteiger charge is -2.32. The highest BCUT2D eigenvalue weighted by Crippen LogP contribution is 2.34. The van der Waals surface area contributed by atoms with Crippen molar-refractivity contribution in [2.45, 2.75) is 37.6 Å². The maximum absolute atomic E-state index is 13.3. The quantitative estimate of drug-likeness (QED) is 0.690. The molecule has 1 fully saturated rings. The fourth-order valence-corrected chi connectivity index (χ4v) is 5.75. The zero-order chi connectivity index (χ0) is 23.6. The Balaban J connectivity index is 1.39. The van der Waals surface area contributed by atoms with Crippen LogP contribution in [0, 0.1) is 17.7 Å². The number of halogens is 1. The number of hydrogen-bond donors (Lipinski definition) is 1. The molecule has 2 aliphatic rings. The van der Waals surface area contributed by atoms with E-state index in [1.54, 1.807) is 18.2 Å². The van der Waals surface area contributed by atoms with E-state index >= 15 is 0 Å². The van der Waals surface area contributed by atoms with Crippen LogP contribution in [0.4, 0.5) is 4.39 Å². The second-order valence-electron chi connectivity index (χ2n) is 8.77. The number of benzene rings is 2. The Kier molecular flexibility index (Phi) is 6.90. The second-order valence-corrected chi connectivity index (χ2v) is 10.7. The summed E-state index contributed by atoms with van der Waals surface area (Å²) in [5.74, 6) is 0.385. The Bertz CT molecular complexity index is 1100. The Morgan fingerprint density at radius 2 is 1.67 bits per heavy atom. The van der Waals surface area contributed by atoms with Crippen molar-refractivity contribution >= 4 is 15.9 Å². The maximum Gasteiger partial charge on any atom is 0.243 e. The van der Waals surface area contributed by atoms with Gasteiger partial charge in [0.25, 0.3) is 0 Å². The average molecular weight is 477 g/mol. The first-order chi connectivity index (χ1) is 15.8. The molecule has 1 atom stereocenters. The molecule has 2 aromatic rings. The fourth-order valence-electron chi connectivity index (χ4n) is 4.27. The van der Waals surface area contributed by atoms with Gasteiger partial charge in [-0.3, -0.25) is 4.79 Å². The number of nitrogens with one attached hydrogen (secondary N) is 1. The van der Waals surface area contributed by atoms with Crippen molar-refractivity contribution in [3.8, 4) is 11.5 Å². The topological polar surface area (TPSA) is 84.9 Å². The summed E-state index contributed by atoms with van der Waals surface area (Å²) in [5.41, 5.74) is 0.846. The molecule has 9 heteroatoms. The van der Waals surface area contributed by atoms with E-state index in [2.05, 4.69) is 5.32 Å². The van der Waals surface area contributed by atoms with E-state index < -0.39 is 10.0 Å². The van der Waals surface area contributed by atoms with Crippen LogP contribution in [0.5, 0.6) is 11.5 Å². The number of fused-ring (bicyclic) bond motifs is 1. The Morgan fingerprint density at radius 1 is 1.03 bits per heavy atom. The molecule has 178 valence electrons. The minimum absolute atomic E-state index is 0.102. The average Bonchev–Trinajstić information content (AvgIpc) is 2.82. The van der Waals surface area contributed by atoms with Crippen molar-refractivity contribution in [2.24, 2.45) is 11.8 Å². The highest BCUT2D eigenvalue weighted by atomic mass is 32.2. The van der Waals surface area contributed by atoms with Crippen LogP contribution in [-0.2, 0) is 14.8 Å². The summed E-state index contributed by atoms with van der Waals surface area (Å²) in [6.45, 7) is 5.34. The number of carbonyl (C=O) groups excluding carboxylic acids is 1. The minimum atomic E-state index is -3.70. The normalized spacial score (nSPS) is 18.2. The molecule has 4 rings (SSSR count). The third kappa shape index (κ3) is 5.14. The van der Waals surface area contributed by atoms with Gasteiger partial charge in [0.1, 0.15) is 19.0 Å². The molecule has 1 N–H and O–H groups in total. The molecule has 0 bridgehead atoms. The Hall–Kier alpha value is -2.65. The molecule has 33 heavy (non-hydrogen) atoms. The zero-order valence-electron chi connectivity index (χ0n) is 18.8. The van der Waals surface area contributed by atoms with Gasteiger partial charge in [0.2, 0.25) is 15.9 Å². The summed E-state index contributed by atoms with van der Waals surface area (Å²) >= 11 is 0. The van der Waals surface area contributed by atoms with Crippen molar-refractivity contribution < 1.29 is 27.1 Å². The smallest absolute Gasteiger partial charge is 0.243 e. The third-order valence-corrected chi connectivity index (χ3v) is 8.06. The third-order valence-electron chi connectivity index (χ3n) is 6.17. The Labute approximate surface area is 193 Å². The van der Waals surface area contributed by atoms with E-state index in [1.165, 1.54) is 28.6 Å². The van der Waals surface area contributed by atoms with E-state index in [9.17, 15) is 17.6 Å². The summed E-state index contributed by atoms with van der Waals surface area (Å²) in [6, 6.07) is 10.5. The Morgan fingerprint density at radius 3 is 2.30 bits per heavy atom. The van der Waals surface area contributed by atoms with E-state index in [0.29, 0.717) is 37.6 Å². The lowest BCUT2D eigenvalue weighted by Crippen LogP contribution is -2.44. The molecule has 0 saturated carbocycles. The first-order valence-corrected chi connectivity index (χ1v) is 12.7. The number of sulfonamides is 1. The number of hydrogen-bond acceptors (Lipinski definition) is 5. The van der Waals surface area contributed by atoms with Crippen LogP contribution >= 0.6 is 0 Å². The van der Waals surface area contributed by atoms with Gasteiger partial charge in [0, 0.05) is 25.1 Å². The molecule has 7 nitrogen and oxygen atoms in total. The van der Waals surface area contributed by atoms with Crippen LogP contribution in [0.25, 0.3) is 0 Å². The van der Waals surface area contributed by atoms with Gasteiger partial charge >= 0.3 is 0 Å². The second kappa shape index (κ2) is 9.69. The van der Waals surface area contributed by atoms with Crippen LogP contribution in [-0.4, -0.2) is 44.9 Å². The molecular formula is C24H29FN2O5S. The number of carbonyl (C=O) groups is 1. The maximum atomic E-state index is 13.3. The standard InChI is InChI=1S/C24H29FN2O5S/c1-16(2)23(17-3-5-19(25)6-4-17)26-24(28)18-9-11-27(12-10-18)33(29,30)20-7-8-21-22(15-20)32-14-13-31-21/h3-8,15-16,18,23H,9-14H2,1-2H3,(H,26,28). The summed E-state index contributed by atoms with van der Waals surface area (Å²) in [6.07, 6.45) is 0.869. The van der Waals surface area contributed by atoms with Gasteiger partial charge in [-0.15, -0.1) is 0 Å². The van der Waals surface area contributed by atoms with Gasteiger partial charge in [-0.25, -0.2) is 12.8 Å². The lowest BCUT2D eigenvalue weighted by atomic mass is 9.92. The molecule has 0 aliphatic carbocycles. The first-order valence-electron chi connectivity index (χ1n) is 11.2. The van der Waals surface area contributed by atoms with Crippen LogP contribution in [0.15, 0.2) is 47.4 Å². The summed E-state index contributed by atoms with van der Waals surface area (Å²) in [4.78, 5) is 13.1. The number of amides is 1. The number of piperidine rings is 1. The van der Waals surface area contributed by atoms with Crippen molar-refractivity contribution in [1.82, 2.24) is 9.62 Å². The number of nitrogens with zero attached hydrogens (tertiary/aromatic N) is 1. The van der Waals surface area contributed by atoms with E-state index in [0.717, 1.165) is 5.56 Å². The highest BCUT2D eigenvalue weighted by Gasteiger charge is 2.34. The molecule has 2 aliphatic heterocycles. The van der Waals surface area contributed by atoms with Crippen molar-refractivity contribution in [1.29, 1.82) is 0 Å². The predicted octanol–water partition coefficient (Wildman–Crippen LogP) is 3.51. The molecule has 2 aromatic carbocycles. The fraction of sp³-hybridized carbons (Fsp3) is 0.458. The van der Waals surface area contributed by atoms with Crippen LogP contribution in [0.2, 0.25) is 0 Å². The largest absolute Gasteiger partial charge is 0.486 e. The van der Waals surface area contributed by atoms with Crippen molar-refractivity contribution in [3.05, 3.63) is 53.8 Å². The predicted molar refractivity (Wildman–Crippen MR) is 121 cm³/mol. The molecule has 0 radical (unpaired) electrons. The van der Waals surface area contributed by atoms with E-state index in [4.69, 9.17) is 9.47 Å². The summed E-state index contributed by atoms with van der Waals surface area (Å²) < 4.78 is 51.9. The van der Waals surface area contributed by atoms with E-state index in [1.807, 2.05) is 13.8 Å². The molecule has 2 heterocycles. The number of rotatable bonds is 6. The molecular weight excluding hydrogens is 447 g/mol. The highest BCUT2D eigenvalue weighted by molar-refractivity contribution is 7.89. The minimum Gasteiger partial charge on any atom is -0.486 e. The van der Waals surface area contributed by atoms with Crippen LogP contribution in [0.3, 0.4) is 0 Å².